The zero-order valence-electron chi connectivity index (χ0n) is 12.5. The van der Waals surface area contributed by atoms with E-state index in [0.29, 0.717) is 11.9 Å². The molecule has 1 N–H and O–H groups in total. The van der Waals surface area contributed by atoms with Crippen molar-refractivity contribution < 1.29 is 4.74 Å². The molecule has 3 nitrogen and oxygen atoms in total. The van der Waals surface area contributed by atoms with Gasteiger partial charge < -0.3 is 10.1 Å². The third-order valence-electron chi connectivity index (χ3n) is 4.10. The summed E-state index contributed by atoms with van der Waals surface area (Å²) in [5.74, 6) is 0.654. The third-order valence-corrected chi connectivity index (χ3v) is 4.10. The predicted molar refractivity (Wildman–Crippen MR) is 85.6 cm³/mol. The number of hydrogen-bond acceptors (Lipinski definition) is 3. The number of benzene rings is 1. The SMILES string of the molecule is COc1ccc(-c2cccc(C[C@@H]3CCCCN3)c2)cn1. The third kappa shape index (κ3) is 3.61. The van der Waals surface area contributed by atoms with Gasteiger partial charge in [-0.05, 0) is 43.0 Å². The maximum atomic E-state index is 5.11. The monoisotopic (exact) mass is 282 g/mol. The fraction of sp³-hybridized carbons (Fsp3) is 0.389. The number of ether oxygens (including phenoxy) is 1. The van der Waals surface area contributed by atoms with Crippen LogP contribution in [-0.2, 0) is 6.42 Å². The molecule has 2 aromatic rings. The average molecular weight is 282 g/mol. The Morgan fingerprint density at radius 1 is 1.19 bits per heavy atom. The van der Waals surface area contributed by atoms with E-state index in [2.05, 4.69) is 40.6 Å². The zero-order chi connectivity index (χ0) is 14.5. The molecule has 0 bridgehead atoms. The van der Waals surface area contributed by atoms with Crippen LogP contribution in [0.1, 0.15) is 24.8 Å². The molecule has 0 spiro atoms. The van der Waals surface area contributed by atoms with E-state index in [-0.39, 0.29) is 0 Å². The first-order valence-electron chi connectivity index (χ1n) is 7.68. The number of pyridine rings is 1. The van der Waals surface area contributed by atoms with Gasteiger partial charge in [-0.2, -0.15) is 0 Å². The van der Waals surface area contributed by atoms with E-state index >= 15 is 0 Å². The van der Waals surface area contributed by atoms with Crippen molar-refractivity contribution >= 4 is 0 Å². The largest absolute Gasteiger partial charge is 0.481 e. The van der Waals surface area contributed by atoms with Crippen LogP contribution in [0.2, 0.25) is 0 Å². The molecule has 1 aliphatic rings. The Morgan fingerprint density at radius 3 is 2.86 bits per heavy atom. The highest BCUT2D eigenvalue weighted by Gasteiger charge is 2.13. The molecular weight excluding hydrogens is 260 g/mol. The van der Waals surface area contributed by atoms with E-state index < -0.39 is 0 Å². The highest BCUT2D eigenvalue weighted by molar-refractivity contribution is 5.63. The van der Waals surface area contributed by atoms with Crippen LogP contribution in [0.25, 0.3) is 11.1 Å². The number of nitrogens with zero attached hydrogens (tertiary/aromatic N) is 1. The average Bonchev–Trinajstić information content (AvgIpc) is 2.56. The van der Waals surface area contributed by atoms with Gasteiger partial charge in [0, 0.05) is 23.9 Å². The molecule has 1 atom stereocenters. The van der Waals surface area contributed by atoms with Gasteiger partial charge in [-0.3, -0.25) is 0 Å². The lowest BCUT2D eigenvalue weighted by Gasteiger charge is -2.23. The first kappa shape index (κ1) is 14.1. The fourth-order valence-electron chi connectivity index (χ4n) is 2.93. The standard InChI is InChI=1S/C18H22N2O/c1-21-18-9-8-16(13-20-18)15-6-4-5-14(11-15)12-17-7-2-3-10-19-17/h4-6,8-9,11,13,17,19H,2-3,7,10,12H2,1H3/t17-/m0/s1. The lowest BCUT2D eigenvalue weighted by molar-refractivity contribution is 0.398. The van der Waals surface area contributed by atoms with E-state index in [1.807, 2.05) is 12.3 Å². The molecule has 1 fully saturated rings. The van der Waals surface area contributed by atoms with E-state index in [9.17, 15) is 0 Å². The van der Waals surface area contributed by atoms with E-state index in [0.717, 1.165) is 18.5 Å². The Kier molecular flexibility index (Phi) is 4.51. The van der Waals surface area contributed by atoms with Gasteiger partial charge in [0.2, 0.25) is 5.88 Å². The molecule has 0 aliphatic carbocycles. The minimum absolute atomic E-state index is 0.628. The van der Waals surface area contributed by atoms with Crippen LogP contribution in [0.5, 0.6) is 5.88 Å². The van der Waals surface area contributed by atoms with Crippen molar-refractivity contribution in [3.8, 4) is 17.0 Å². The highest BCUT2D eigenvalue weighted by atomic mass is 16.5. The minimum atomic E-state index is 0.628. The molecule has 0 saturated carbocycles. The Bertz CT molecular complexity index is 574. The van der Waals surface area contributed by atoms with Gasteiger partial charge in [-0.1, -0.05) is 30.7 Å². The van der Waals surface area contributed by atoms with Gasteiger partial charge in [-0.15, -0.1) is 0 Å². The first-order valence-corrected chi connectivity index (χ1v) is 7.68. The molecule has 110 valence electrons. The van der Waals surface area contributed by atoms with Crippen LogP contribution in [0, 0.1) is 0 Å². The van der Waals surface area contributed by atoms with Crippen LogP contribution in [0.4, 0.5) is 0 Å². The fourth-order valence-corrected chi connectivity index (χ4v) is 2.93. The summed E-state index contributed by atoms with van der Waals surface area (Å²) in [6, 6.07) is 13.4. The van der Waals surface area contributed by atoms with Crippen molar-refractivity contribution in [2.75, 3.05) is 13.7 Å². The molecule has 1 saturated heterocycles. The molecule has 2 heterocycles. The Balaban J connectivity index is 1.75. The summed E-state index contributed by atoms with van der Waals surface area (Å²) < 4.78 is 5.11. The lowest BCUT2D eigenvalue weighted by Crippen LogP contribution is -2.35. The second-order valence-corrected chi connectivity index (χ2v) is 5.64. The number of nitrogens with one attached hydrogen (secondary N) is 1. The molecule has 3 rings (SSSR count). The normalized spacial score (nSPS) is 18.4. The van der Waals surface area contributed by atoms with Crippen molar-refractivity contribution in [1.29, 1.82) is 0 Å². The minimum Gasteiger partial charge on any atom is -0.481 e. The second kappa shape index (κ2) is 6.72. The molecule has 0 unspecified atom stereocenters. The summed E-state index contributed by atoms with van der Waals surface area (Å²) in [5, 5.41) is 3.61. The summed E-state index contributed by atoms with van der Waals surface area (Å²) in [6.45, 7) is 1.16. The smallest absolute Gasteiger partial charge is 0.212 e. The van der Waals surface area contributed by atoms with Crippen molar-refractivity contribution in [3.63, 3.8) is 0 Å². The molecule has 0 amide bonds. The maximum absolute atomic E-state index is 5.11. The molecular formula is C18H22N2O. The zero-order valence-corrected chi connectivity index (χ0v) is 12.5. The van der Waals surface area contributed by atoms with E-state index in [1.54, 1.807) is 7.11 Å². The van der Waals surface area contributed by atoms with Crippen LogP contribution in [0.15, 0.2) is 42.6 Å². The molecule has 1 aromatic heterocycles. The summed E-state index contributed by atoms with van der Waals surface area (Å²) in [6.07, 6.45) is 6.93. The van der Waals surface area contributed by atoms with Crippen LogP contribution in [-0.4, -0.2) is 24.7 Å². The van der Waals surface area contributed by atoms with Crippen molar-refractivity contribution in [2.24, 2.45) is 0 Å². The Morgan fingerprint density at radius 2 is 2.14 bits per heavy atom. The Hall–Kier alpha value is -1.87. The second-order valence-electron chi connectivity index (χ2n) is 5.64. The number of aromatic nitrogens is 1. The van der Waals surface area contributed by atoms with Crippen molar-refractivity contribution in [3.05, 3.63) is 48.2 Å². The quantitative estimate of drug-likeness (QED) is 0.932. The van der Waals surface area contributed by atoms with Crippen molar-refractivity contribution in [2.45, 2.75) is 31.7 Å². The molecule has 1 aromatic carbocycles. The van der Waals surface area contributed by atoms with E-state index in [4.69, 9.17) is 4.74 Å². The van der Waals surface area contributed by atoms with Gasteiger partial charge in [0.25, 0.3) is 0 Å². The summed E-state index contributed by atoms with van der Waals surface area (Å²) >= 11 is 0. The van der Waals surface area contributed by atoms with Gasteiger partial charge in [-0.25, -0.2) is 4.98 Å². The van der Waals surface area contributed by atoms with Gasteiger partial charge in [0.05, 0.1) is 7.11 Å². The number of hydrogen-bond donors (Lipinski definition) is 1. The predicted octanol–water partition coefficient (Wildman–Crippen LogP) is 3.44. The van der Waals surface area contributed by atoms with Gasteiger partial charge in [0.1, 0.15) is 0 Å². The van der Waals surface area contributed by atoms with Gasteiger partial charge >= 0.3 is 0 Å². The van der Waals surface area contributed by atoms with E-state index in [1.165, 1.54) is 30.4 Å². The van der Waals surface area contributed by atoms with Crippen LogP contribution >= 0.6 is 0 Å². The maximum Gasteiger partial charge on any atom is 0.212 e. The molecule has 0 radical (unpaired) electrons. The highest BCUT2D eigenvalue weighted by Crippen LogP contribution is 2.22. The molecule has 21 heavy (non-hydrogen) atoms. The first-order chi connectivity index (χ1) is 10.3. The number of rotatable bonds is 4. The number of methoxy groups -OCH3 is 1. The van der Waals surface area contributed by atoms with Crippen molar-refractivity contribution in [1.82, 2.24) is 10.3 Å². The number of piperidine rings is 1. The van der Waals surface area contributed by atoms with Crippen LogP contribution < -0.4 is 10.1 Å². The summed E-state index contributed by atoms with van der Waals surface area (Å²) in [7, 11) is 1.64. The van der Waals surface area contributed by atoms with Crippen LogP contribution in [0.3, 0.4) is 0 Å². The molecule has 1 aliphatic heterocycles. The summed E-state index contributed by atoms with van der Waals surface area (Å²) in [4.78, 5) is 4.28. The molecule has 3 heteroatoms. The topological polar surface area (TPSA) is 34.1 Å². The Labute approximate surface area is 126 Å². The summed E-state index contributed by atoms with van der Waals surface area (Å²) in [5.41, 5.74) is 3.75. The van der Waals surface area contributed by atoms with Gasteiger partial charge in [0.15, 0.2) is 0 Å². The lowest BCUT2D eigenvalue weighted by atomic mass is 9.96.